The number of β-amino-alcohol motifs (C(OH)–C–C–N with tert-alkyl or cyclic N) is 1. The van der Waals surface area contributed by atoms with Crippen LogP contribution in [0, 0.1) is 0 Å². The van der Waals surface area contributed by atoms with Gasteiger partial charge in [-0.05, 0) is 18.6 Å². The average Bonchev–Trinajstić information content (AvgIpc) is 3.20. The highest BCUT2D eigenvalue weighted by molar-refractivity contribution is 5.92. The molecule has 134 valence electrons. The molecule has 1 aliphatic heterocycles. The summed E-state index contributed by atoms with van der Waals surface area (Å²) in [7, 11) is 5.36. The van der Waals surface area contributed by atoms with Crippen LogP contribution < -0.4 is 10.2 Å². The van der Waals surface area contributed by atoms with E-state index < -0.39 is 5.60 Å². The smallest absolute Gasteiger partial charge is 0.270 e. The van der Waals surface area contributed by atoms with Crippen LogP contribution >= 0.6 is 0 Å². The summed E-state index contributed by atoms with van der Waals surface area (Å²) in [5.41, 5.74) is -0.351. The fourth-order valence-corrected chi connectivity index (χ4v) is 3.23. The summed E-state index contributed by atoms with van der Waals surface area (Å²) < 4.78 is 1.78. The molecular weight excluding hydrogens is 320 g/mol. The van der Waals surface area contributed by atoms with Crippen LogP contribution in [0.1, 0.15) is 16.9 Å². The standard InChI is InChI=1S/C17H24N6O2/c1-18-14-9-15(20-12-19-14)23-8-6-17(25,11-23)10-22(3)16(24)13-5-4-7-21(13)2/h4-5,7,9,12,25H,6,8,10-11H2,1-3H3,(H,18,19,20). The molecule has 8 nitrogen and oxygen atoms in total. The molecule has 8 heteroatoms. The molecule has 1 fully saturated rings. The molecule has 2 N–H and O–H groups in total. The Labute approximate surface area is 147 Å². The number of amides is 1. The van der Waals surface area contributed by atoms with Crippen LogP contribution in [-0.4, -0.2) is 69.8 Å². The van der Waals surface area contributed by atoms with Gasteiger partial charge in [0.05, 0.1) is 6.54 Å². The lowest BCUT2D eigenvalue weighted by Crippen LogP contribution is -2.46. The van der Waals surface area contributed by atoms with Crippen molar-refractivity contribution in [3.63, 3.8) is 0 Å². The summed E-state index contributed by atoms with van der Waals surface area (Å²) in [4.78, 5) is 24.5. The molecule has 3 heterocycles. The molecular formula is C17H24N6O2. The highest BCUT2D eigenvalue weighted by Crippen LogP contribution is 2.27. The van der Waals surface area contributed by atoms with Gasteiger partial charge < -0.3 is 24.8 Å². The SMILES string of the molecule is CNc1cc(N2CCC(O)(CN(C)C(=O)c3cccn3C)C2)ncn1. The second-order valence-corrected chi connectivity index (χ2v) is 6.57. The number of hydrogen-bond donors (Lipinski definition) is 2. The van der Waals surface area contributed by atoms with Crippen molar-refractivity contribution in [2.24, 2.45) is 7.05 Å². The van der Waals surface area contributed by atoms with Gasteiger partial charge in [-0.1, -0.05) is 0 Å². The second-order valence-electron chi connectivity index (χ2n) is 6.57. The summed E-state index contributed by atoms with van der Waals surface area (Å²) in [5.74, 6) is 1.40. The maximum atomic E-state index is 12.5. The van der Waals surface area contributed by atoms with Gasteiger partial charge in [0.1, 0.15) is 29.3 Å². The molecule has 1 atom stereocenters. The highest BCUT2D eigenvalue weighted by Gasteiger charge is 2.38. The number of aromatic nitrogens is 3. The van der Waals surface area contributed by atoms with Crippen LogP contribution in [-0.2, 0) is 7.05 Å². The van der Waals surface area contributed by atoms with Crippen LogP contribution in [0.4, 0.5) is 11.6 Å². The number of rotatable bonds is 5. The van der Waals surface area contributed by atoms with Gasteiger partial charge in [-0.15, -0.1) is 0 Å². The quantitative estimate of drug-likeness (QED) is 0.825. The minimum absolute atomic E-state index is 0.0983. The molecule has 25 heavy (non-hydrogen) atoms. The number of aryl methyl sites for hydroxylation is 1. The first-order valence-electron chi connectivity index (χ1n) is 8.26. The zero-order valence-electron chi connectivity index (χ0n) is 14.8. The predicted octanol–water partition coefficient (Wildman–Crippen LogP) is 0.570. The fourth-order valence-electron chi connectivity index (χ4n) is 3.23. The number of carbonyl (C=O) groups is 1. The summed E-state index contributed by atoms with van der Waals surface area (Å²) in [6.45, 7) is 1.39. The molecule has 1 saturated heterocycles. The van der Waals surface area contributed by atoms with Crippen molar-refractivity contribution in [3.8, 4) is 0 Å². The molecule has 1 amide bonds. The molecule has 0 aliphatic carbocycles. The largest absolute Gasteiger partial charge is 0.386 e. The van der Waals surface area contributed by atoms with Crippen LogP contribution in [0.15, 0.2) is 30.7 Å². The molecule has 0 bridgehead atoms. The van der Waals surface area contributed by atoms with E-state index in [1.807, 2.05) is 30.3 Å². The monoisotopic (exact) mass is 344 g/mol. The zero-order chi connectivity index (χ0) is 18.0. The number of carbonyl (C=O) groups excluding carboxylic acids is 1. The highest BCUT2D eigenvalue weighted by atomic mass is 16.3. The van der Waals surface area contributed by atoms with Gasteiger partial charge in [-0.2, -0.15) is 0 Å². The number of nitrogens with one attached hydrogen (secondary N) is 1. The Hall–Kier alpha value is -2.61. The maximum absolute atomic E-state index is 12.5. The van der Waals surface area contributed by atoms with Gasteiger partial charge in [0.2, 0.25) is 0 Å². The Morgan fingerprint density at radius 2 is 2.28 bits per heavy atom. The Bertz CT molecular complexity index is 761. The van der Waals surface area contributed by atoms with E-state index in [-0.39, 0.29) is 12.5 Å². The van der Waals surface area contributed by atoms with Crippen molar-refractivity contribution in [3.05, 3.63) is 36.4 Å². The van der Waals surface area contributed by atoms with Gasteiger partial charge in [0.15, 0.2) is 0 Å². The van der Waals surface area contributed by atoms with Crippen LogP contribution in [0.3, 0.4) is 0 Å². The van der Waals surface area contributed by atoms with E-state index in [0.29, 0.717) is 25.2 Å². The van der Waals surface area contributed by atoms with Crippen molar-refractivity contribution in [1.29, 1.82) is 0 Å². The van der Waals surface area contributed by atoms with E-state index >= 15 is 0 Å². The van der Waals surface area contributed by atoms with E-state index in [1.54, 1.807) is 29.6 Å². The lowest BCUT2D eigenvalue weighted by molar-refractivity contribution is 0.0260. The second kappa shape index (κ2) is 6.72. The fraction of sp³-hybridized carbons (Fsp3) is 0.471. The summed E-state index contributed by atoms with van der Waals surface area (Å²) >= 11 is 0. The molecule has 0 radical (unpaired) electrons. The van der Waals surface area contributed by atoms with E-state index in [2.05, 4.69) is 15.3 Å². The third-order valence-electron chi connectivity index (χ3n) is 4.61. The van der Waals surface area contributed by atoms with E-state index in [9.17, 15) is 9.90 Å². The molecule has 3 rings (SSSR count). The normalized spacial score (nSPS) is 19.9. The van der Waals surface area contributed by atoms with Crippen LogP contribution in [0.25, 0.3) is 0 Å². The number of anilines is 2. The predicted molar refractivity (Wildman–Crippen MR) is 95.7 cm³/mol. The van der Waals surface area contributed by atoms with Gasteiger partial charge in [-0.25, -0.2) is 9.97 Å². The van der Waals surface area contributed by atoms with E-state index in [1.165, 1.54) is 6.33 Å². The summed E-state index contributed by atoms with van der Waals surface area (Å²) in [6, 6.07) is 5.47. The van der Waals surface area contributed by atoms with Crippen molar-refractivity contribution in [1.82, 2.24) is 19.4 Å². The summed E-state index contributed by atoms with van der Waals surface area (Å²) in [6.07, 6.45) is 3.92. The van der Waals surface area contributed by atoms with Crippen LogP contribution in [0.5, 0.6) is 0 Å². The molecule has 0 aromatic carbocycles. The lowest BCUT2D eigenvalue weighted by Gasteiger charge is -2.29. The number of likely N-dealkylation sites (N-methyl/N-ethyl adjacent to an activating group) is 1. The Balaban J connectivity index is 1.67. The minimum Gasteiger partial charge on any atom is -0.386 e. The lowest BCUT2D eigenvalue weighted by atomic mass is 10.0. The van der Waals surface area contributed by atoms with Crippen molar-refractivity contribution in [2.75, 3.05) is 43.9 Å². The van der Waals surface area contributed by atoms with Crippen molar-refractivity contribution in [2.45, 2.75) is 12.0 Å². The van der Waals surface area contributed by atoms with E-state index in [0.717, 1.165) is 11.6 Å². The van der Waals surface area contributed by atoms with Gasteiger partial charge in [0, 0.05) is 46.5 Å². The first-order valence-corrected chi connectivity index (χ1v) is 8.26. The first kappa shape index (κ1) is 17.2. The van der Waals surface area contributed by atoms with Gasteiger partial charge in [-0.3, -0.25) is 4.79 Å². The number of nitrogens with zero attached hydrogens (tertiary/aromatic N) is 5. The van der Waals surface area contributed by atoms with Crippen LogP contribution in [0.2, 0.25) is 0 Å². The topological polar surface area (TPSA) is 86.5 Å². The van der Waals surface area contributed by atoms with Gasteiger partial charge >= 0.3 is 0 Å². The summed E-state index contributed by atoms with van der Waals surface area (Å²) in [5, 5.41) is 13.9. The Kier molecular flexibility index (Phi) is 4.63. The average molecular weight is 344 g/mol. The molecule has 0 spiro atoms. The molecule has 1 aliphatic rings. The number of aliphatic hydroxyl groups is 1. The van der Waals surface area contributed by atoms with Crippen molar-refractivity contribution < 1.29 is 9.90 Å². The van der Waals surface area contributed by atoms with E-state index in [4.69, 9.17) is 0 Å². The third-order valence-corrected chi connectivity index (χ3v) is 4.61. The molecule has 0 saturated carbocycles. The van der Waals surface area contributed by atoms with Crippen molar-refractivity contribution >= 4 is 17.5 Å². The third kappa shape index (κ3) is 3.58. The minimum atomic E-state index is -0.958. The Morgan fingerprint density at radius 3 is 2.96 bits per heavy atom. The Morgan fingerprint density at radius 1 is 1.48 bits per heavy atom. The maximum Gasteiger partial charge on any atom is 0.270 e. The first-order chi connectivity index (χ1) is 11.9. The zero-order valence-corrected chi connectivity index (χ0v) is 14.8. The number of hydrogen-bond acceptors (Lipinski definition) is 6. The molecule has 2 aromatic heterocycles. The molecule has 2 aromatic rings. The van der Waals surface area contributed by atoms with Gasteiger partial charge in [0.25, 0.3) is 5.91 Å². The molecule has 1 unspecified atom stereocenters.